The number of oxazole rings is 1. The van der Waals surface area contributed by atoms with Crippen molar-refractivity contribution in [3.8, 4) is 39.9 Å². The predicted molar refractivity (Wildman–Crippen MR) is 115 cm³/mol. The quantitative estimate of drug-likeness (QED) is 0.372. The summed E-state index contributed by atoms with van der Waals surface area (Å²) in [5, 5.41) is 1.01. The normalized spacial score (nSPS) is 10.9. The summed E-state index contributed by atoms with van der Waals surface area (Å²) in [4.78, 5) is 9.60. The fourth-order valence-electron chi connectivity index (χ4n) is 3.41. The largest absolute Gasteiger partial charge is 0.494 e. The van der Waals surface area contributed by atoms with Gasteiger partial charge in [0.05, 0.1) is 7.11 Å². The van der Waals surface area contributed by atoms with Gasteiger partial charge in [0.2, 0.25) is 5.89 Å². The standard InChI is InChI=1S/C25H18N2O2/c1-28-21-14-8-13-18-15-16-20(26-22(18)21)25-27-23(17-9-4-2-5-10-17)24(29-25)19-11-6-3-7-12-19/h2-16H,1H3. The zero-order chi connectivity index (χ0) is 19.6. The Balaban J connectivity index is 1.70. The van der Waals surface area contributed by atoms with Crippen LogP contribution in [0.25, 0.3) is 45.1 Å². The highest BCUT2D eigenvalue weighted by molar-refractivity contribution is 5.86. The lowest BCUT2D eigenvalue weighted by atomic mass is 10.1. The Morgan fingerprint density at radius 3 is 2.14 bits per heavy atom. The number of fused-ring (bicyclic) bond motifs is 1. The van der Waals surface area contributed by atoms with Crippen molar-refractivity contribution >= 4 is 10.9 Å². The maximum Gasteiger partial charge on any atom is 0.246 e. The van der Waals surface area contributed by atoms with Gasteiger partial charge in [0.1, 0.15) is 22.7 Å². The number of rotatable bonds is 4. The van der Waals surface area contributed by atoms with Crippen LogP contribution in [0.4, 0.5) is 0 Å². The first-order chi connectivity index (χ1) is 14.3. The van der Waals surface area contributed by atoms with E-state index in [4.69, 9.17) is 19.1 Å². The Morgan fingerprint density at radius 2 is 1.41 bits per heavy atom. The lowest BCUT2D eigenvalue weighted by Gasteiger charge is -2.05. The van der Waals surface area contributed by atoms with Crippen LogP contribution in [0.1, 0.15) is 0 Å². The average Bonchev–Trinajstić information content (AvgIpc) is 3.25. The lowest BCUT2D eigenvalue weighted by molar-refractivity contribution is 0.419. The molecule has 3 aromatic carbocycles. The molecule has 0 saturated heterocycles. The van der Waals surface area contributed by atoms with E-state index >= 15 is 0 Å². The second-order valence-corrected chi connectivity index (χ2v) is 6.66. The molecule has 4 heteroatoms. The topological polar surface area (TPSA) is 48.2 Å². The molecule has 0 atom stereocenters. The third kappa shape index (κ3) is 3.15. The highest BCUT2D eigenvalue weighted by atomic mass is 16.5. The van der Waals surface area contributed by atoms with Crippen molar-refractivity contribution in [3.05, 3.63) is 91.0 Å². The molecule has 29 heavy (non-hydrogen) atoms. The Bertz CT molecular complexity index is 1220. The molecule has 0 fully saturated rings. The maximum atomic E-state index is 6.25. The Kier molecular flexibility index (Phi) is 4.30. The minimum atomic E-state index is 0.482. The molecular weight excluding hydrogens is 360 g/mol. The van der Waals surface area contributed by atoms with Crippen LogP contribution in [-0.4, -0.2) is 17.1 Å². The predicted octanol–water partition coefficient (Wildman–Crippen LogP) is 6.23. The molecule has 2 aromatic heterocycles. The van der Waals surface area contributed by atoms with Gasteiger partial charge in [-0.2, -0.15) is 0 Å². The molecule has 0 aliphatic carbocycles. The first-order valence-electron chi connectivity index (χ1n) is 9.39. The summed E-state index contributed by atoms with van der Waals surface area (Å²) in [6.07, 6.45) is 0. The van der Waals surface area contributed by atoms with Crippen LogP contribution >= 0.6 is 0 Å². The number of pyridine rings is 1. The van der Waals surface area contributed by atoms with E-state index in [2.05, 4.69) is 0 Å². The van der Waals surface area contributed by atoms with Gasteiger partial charge in [-0.3, -0.25) is 0 Å². The third-order valence-electron chi connectivity index (χ3n) is 4.83. The monoisotopic (exact) mass is 378 g/mol. The molecule has 0 saturated carbocycles. The van der Waals surface area contributed by atoms with Gasteiger partial charge >= 0.3 is 0 Å². The van der Waals surface area contributed by atoms with Gasteiger partial charge in [-0.1, -0.05) is 78.9 Å². The highest BCUT2D eigenvalue weighted by Crippen LogP contribution is 2.36. The number of nitrogens with zero attached hydrogens (tertiary/aromatic N) is 2. The second-order valence-electron chi connectivity index (χ2n) is 6.66. The van der Waals surface area contributed by atoms with Crippen LogP contribution in [0, 0.1) is 0 Å². The van der Waals surface area contributed by atoms with Gasteiger partial charge in [0.15, 0.2) is 5.76 Å². The molecule has 5 rings (SSSR count). The van der Waals surface area contributed by atoms with E-state index in [1.807, 2.05) is 91.0 Å². The summed E-state index contributed by atoms with van der Waals surface area (Å²) in [5.74, 6) is 1.94. The van der Waals surface area contributed by atoms with Crippen LogP contribution in [-0.2, 0) is 0 Å². The number of benzene rings is 3. The van der Waals surface area contributed by atoms with E-state index in [1.54, 1.807) is 7.11 Å². The Morgan fingerprint density at radius 1 is 0.690 bits per heavy atom. The van der Waals surface area contributed by atoms with Crippen LogP contribution in [0.3, 0.4) is 0 Å². The van der Waals surface area contributed by atoms with Crippen LogP contribution < -0.4 is 4.74 Å². The zero-order valence-corrected chi connectivity index (χ0v) is 15.9. The van der Waals surface area contributed by atoms with Crippen molar-refractivity contribution in [2.45, 2.75) is 0 Å². The van der Waals surface area contributed by atoms with Crippen LogP contribution in [0.5, 0.6) is 5.75 Å². The smallest absolute Gasteiger partial charge is 0.246 e. The highest BCUT2D eigenvalue weighted by Gasteiger charge is 2.19. The lowest BCUT2D eigenvalue weighted by Crippen LogP contribution is -1.90. The molecule has 0 aliphatic rings. The molecule has 0 N–H and O–H groups in total. The van der Waals surface area contributed by atoms with E-state index in [9.17, 15) is 0 Å². The first-order valence-corrected chi connectivity index (χ1v) is 9.39. The van der Waals surface area contributed by atoms with Crippen LogP contribution in [0.15, 0.2) is 95.4 Å². The van der Waals surface area contributed by atoms with Gasteiger partial charge in [0, 0.05) is 16.5 Å². The van der Waals surface area contributed by atoms with Crippen molar-refractivity contribution in [2.24, 2.45) is 0 Å². The summed E-state index contributed by atoms with van der Waals surface area (Å²) >= 11 is 0. The third-order valence-corrected chi connectivity index (χ3v) is 4.83. The summed E-state index contributed by atoms with van der Waals surface area (Å²) in [6, 6.07) is 29.9. The second kappa shape index (κ2) is 7.24. The summed E-state index contributed by atoms with van der Waals surface area (Å²) in [5.41, 5.74) is 4.23. The van der Waals surface area contributed by atoms with Crippen molar-refractivity contribution in [3.63, 3.8) is 0 Å². The molecular formula is C25H18N2O2. The number of ether oxygens (including phenoxy) is 1. The molecule has 5 aromatic rings. The number of aromatic nitrogens is 2. The fourth-order valence-corrected chi connectivity index (χ4v) is 3.41. The Labute approximate surface area is 168 Å². The minimum Gasteiger partial charge on any atom is -0.494 e. The molecule has 0 spiro atoms. The molecule has 140 valence electrons. The van der Waals surface area contributed by atoms with E-state index in [0.717, 1.165) is 39.2 Å². The van der Waals surface area contributed by atoms with Gasteiger partial charge < -0.3 is 9.15 Å². The molecule has 4 nitrogen and oxygen atoms in total. The molecule has 2 heterocycles. The first kappa shape index (κ1) is 17.2. The Hall–Kier alpha value is -3.92. The molecule has 0 bridgehead atoms. The van der Waals surface area contributed by atoms with Crippen molar-refractivity contribution in [1.29, 1.82) is 0 Å². The zero-order valence-electron chi connectivity index (χ0n) is 15.9. The van der Waals surface area contributed by atoms with Crippen LogP contribution in [0.2, 0.25) is 0 Å². The van der Waals surface area contributed by atoms with Crippen molar-refractivity contribution < 1.29 is 9.15 Å². The van der Waals surface area contributed by atoms with E-state index in [0.29, 0.717) is 11.6 Å². The summed E-state index contributed by atoms with van der Waals surface area (Å²) < 4.78 is 11.7. The molecule has 0 unspecified atom stereocenters. The molecule has 0 aliphatic heterocycles. The van der Waals surface area contributed by atoms with E-state index < -0.39 is 0 Å². The maximum absolute atomic E-state index is 6.25. The van der Waals surface area contributed by atoms with Gasteiger partial charge in [-0.25, -0.2) is 9.97 Å². The van der Waals surface area contributed by atoms with Crippen molar-refractivity contribution in [1.82, 2.24) is 9.97 Å². The number of methoxy groups -OCH3 is 1. The number of hydrogen-bond donors (Lipinski definition) is 0. The molecule has 0 radical (unpaired) electrons. The minimum absolute atomic E-state index is 0.482. The number of para-hydroxylation sites is 1. The van der Waals surface area contributed by atoms with E-state index in [1.165, 1.54) is 0 Å². The SMILES string of the molecule is COc1cccc2ccc(-c3nc(-c4ccccc4)c(-c4ccccc4)o3)nc12. The average molecular weight is 378 g/mol. The van der Waals surface area contributed by atoms with Crippen molar-refractivity contribution in [2.75, 3.05) is 7.11 Å². The van der Waals surface area contributed by atoms with Gasteiger partial charge in [0.25, 0.3) is 0 Å². The van der Waals surface area contributed by atoms with Gasteiger partial charge in [-0.15, -0.1) is 0 Å². The molecule has 0 amide bonds. The fraction of sp³-hybridized carbons (Fsp3) is 0.0400. The summed E-state index contributed by atoms with van der Waals surface area (Å²) in [7, 11) is 1.65. The van der Waals surface area contributed by atoms with E-state index in [-0.39, 0.29) is 0 Å². The summed E-state index contributed by atoms with van der Waals surface area (Å²) in [6.45, 7) is 0. The number of hydrogen-bond acceptors (Lipinski definition) is 4. The van der Waals surface area contributed by atoms with Gasteiger partial charge in [-0.05, 0) is 12.1 Å².